The van der Waals surface area contributed by atoms with E-state index in [2.05, 4.69) is 10.9 Å². The van der Waals surface area contributed by atoms with E-state index in [1.165, 1.54) is 6.07 Å². The minimum Gasteiger partial charge on any atom is -0.483 e. The van der Waals surface area contributed by atoms with Crippen molar-refractivity contribution < 1.29 is 18.7 Å². The van der Waals surface area contributed by atoms with Gasteiger partial charge in [0.15, 0.2) is 6.61 Å². The van der Waals surface area contributed by atoms with Crippen molar-refractivity contribution in [2.45, 2.75) is 0 Å². The second-order valence-corrected chi connectivity index (χ2v) is 6.18. The molecule has 0 spiro atoms. The molecule has 0 unspecified atom stereocenters. The maximum atomic E-state index is 13.0. The molecule has 0 saturated heterocycles. The Morgan fingerprint density at radius 2 is 1.64 bits per heavy atom. The Morgan fingerprint density at radius 3 is 2.39 bits per heavy atom. The zero-order valence-electron chi connectivity index (χ0n) is 14.6. The molecule has 0 aliphatic carbocycles. The zero-order valence-corrected chi connectivity index (χ0v) is 15.4. The summed E-state index contributed by atoms with van der Waals surface area (Å²) in [5.74, 6) is -1.25. The fourth-order valence-corrected chi connectivity index (χ4v) is 2.75. The van der Waals surface area contributed by atoms with E-state index in [4.69, 9.17) is 16.3 Å². The number of hydrazine groups is 1. The molecule has 0 radical (unpaired) electrons. The van der Waals surface area contributed by atoms with Crippen LogP contribution in [0.4, 0.5) is 4.39 Å². The van der Waals surface area contributed by atoms with Crippen LogP contribution in [0.3, 0.4) is 0 Å². The third kappa shape index (κ3) is 4.86. The molecule has 0 fully saturated rings. The molecule has 2 amide bonds. The first-order valence-corrected chi connectivity index (χ1v) is 8.74. The highest BCUT2D eigenvalue weighted by Crippen LogP contribution is 2.29. The molecule has 0 atom stereocenters. The van der Waals surface area contributed by atoms with Crippen molar-refractivity contribution in [2.75, 3.05) is 6.61 Å². The number of benzene rings is 3. The van der Waals surface area contributed by atoms with Crippen LogP contribution >= 0.6 is 11.6 Å². The Morgan fingerprint density at radius 1 is 0.929 bits per heavy atom. The summed E-state index contributed by atoms with van der Waals surface area (Å²) in [7, 11) is 0. The van der Waals surface area contributed by atoms with E-state index in [1.54, 1.807) is 12.1 Å². The molecule has 3 aromatic rings. The molecule has 3 aromatic carbocycles. The summed E-state index contributed by atoms with van der Waals surface area (Å²) in [6.07, 6.45) is 0. The quantitative estimate of drug-likeness (QED) is 0.639. The highest BCUT2D eigenvalue weighted by molar-refractivity contribution is 6.33. The Bertz CT molecular complexity index is 996. The molecular formula is C21H16ClFN2O3. The van der Waals surface area contributed by atoms with Crippen LogP contribution in [0.2, 0.25) is 5.02 Å². The monoisotopic (exact) mass is 398 g/mol. The van der Waals surface area contributed by atoms with E-state index in [0.29, 0.717) is 5.75 Å². The van der Waals surface area contributed by atoms with E-state index in [0.717, 1.165) is 23.3 Å². The largest absolute Gasteiger partial charge is 0.483 e. The van der Waals surface area contributed by atoms with Gasteiger partial charge in [-0.25, -0.2) is 4.39 Å². The Labute approximate surface area is 166 Å². The second-order valence-electron chi connectivity index (χ2n) is 5.78. The normalized spacial score (nSPS) is 10.2. The van der Waals surface area contributed by atoms with Crippen LogP contribution in [0, 0.1) is 5.82 Å². The van der Waals surface area contributed by atoms with Gasteiger partial charge in [-0.3, -0.25) is 20.4 Å². The summed E-state index contributed by atoms with van der Waals surface area (Å²) in [4.78, 5) is 24.0. The molecule has 0 bridgehead atoms. The Hall–Kier alpha value is -3.38. The van der Waals surface area contributed by atoms with Gasteiger partial charge in [0.05, 0.1) is 10.6 Å². The molecule has 7 heteroatoms. The highest BCUT2D eigenvalue weighted by Gasteiger charge is 2.13. The molecule has 28 heavy (non-hydrogen) atoms. The number of rotatable bonds is 5. The molecule has 0 aliphatic rings. The Kier molecular flexibility index (Phi) is 6.24. The van der Waals surface area contributed by atoms with Crippen LogP contribution in [0.15, 0.2) is 72.8 Å². The number of hydrogen-bond acceptors (Lipinski definition) is 3. The minimum absolute atomic E-state index is 0.0405. The van der Waals surface area contributed by atoms with Gasteiger partial charge in [0.25, 0.3) is 11.8 Å². The number of carbonyl (C=O) groups excluding carboxylic acids is 2. The van der Waals surface area contributed by atoms with Crippen LogP contribution < -0.4 is 15.6 Å². The molecule has 0 saturated carbocycles. The number of nitrogens with one attached hydrogen (secondary N) is 2. The van der Waals surface area contributed by atoms with Gasteiger partial charge in [0.2, 0.25) is 0 Å². The smallest absolute Gasteiger partial charge is 0.276 e. The lowest BCUT2D eigenvalue weighted by atomic mass is 10.1. The molecule has 0 heterocycles. The summed E-state index contributed by atoms with van der Waals surface area (Å²) in [6.45, 7) is -0.304. The Balaban J connectivity index is 1.57. The van der Waals surface area contributed by atoms with Crippen molar-refractivity contribution in [3.05, 3.63) is 89.2 Å². The third-order valence-electron chi connectivity index (χ3n) is 3.82. The van der Waals surface area contributed by atoms with Crippen LogP contribution in [-0.2, 0) is 4.79 Å². The van der Waals surface area contributed by atoms with E-state index in [-0.39, 0.29) is 17.2 Å². The minimum atomic E-state index is -0.664. The van der Waals surface area contributed by atoms with Gasteiger partial charge in [-0.15, -0.1) is 0 Å². The molecular weight excluding hydrogens is 383 g/mol. The van der Waals surface area contributed by atoms with Crippen molar-refractivity contribution in [1.29, 1.82) is 0 Å². The maximum absolute atomic E-state index is 13.0. The summed E-state index contributed by atoms with van der Waals surface area (Å²) in [6, 6.07) is 20.3. The third-order valence-corrected chi connectivity index (χ3v) is 4.13. The molecule has 0 aliphatic heterocycles. The predicted molar refractivity (Wildman–Crippen MR) is 104 cm³/mol. The average molecular weight is 399 g/mol. The van der Waals surface area contributed by atoms with Crippen LogP contribution in [0.25, 0.3) is 11.1 Å². The van der Waals surface area contributed by atoms with Gasteiger partial charge in [0.1, 0.15) is 11.6 Å². The van der Waals surface area contributed by atoms with Gasteiger partial charge < -0.3 is 4.74 Å². The van der Waals surface area contributed by atoms with Crippen molar-refractivity contribution in [2.24, 2.45) is 0 Å². The van der Waals surface area contributed by atoms with Crippen molar-refractivity contribution >= 4 is 23.4 Å². The predicted octanol–water partition coefficient (Wildman–Crippen LogP) is 3.99. The van der Waals surface area contributed by atoms with Crippen molar-refractivity contribution in [3.8, 4) is 16.9 Å². The molecule has 2 N–H and O–H groups in total. The van der Waals surface area contributed by atoms with Crippen molar-refractivity contribution in [1.82, 2.24) is 10.9 Å². The van der Waals surface area contributed by atoms with Crippen LogP contribution in [-0.4, -0.2) is 18.4 Å². The van der Waals surface area contributed by atoms with Crippen molar-refractivity contribution in [3.63, 3.8) is 0 Å². The standard InChI is InChI=1S/C21H16ClFN2O3/c22-18-12-15(23)10-11-17(18)21(27)25-24-20(26)13-28-19-9-5-4-8-16(19)14-6-2-1-3-7-14/h1-12H,13H2,(H,24,26)(H,25,27). The first-order chi connectivity index (χ1) is 13.5. The lowest BCUT2D eigenvalue weighted by Crippen LogP contribution is -2.43. The fraction of sp³-hybridized carbons (Fsp3) is 0.0476. The number of halogens is 2. The summed E-state index contributed by atoms with van der Waals surface area (Å²) >= 11 is 5.82. The first kappa shape index (κ1) is 19.4. The zero-order chi connectivity index (χ0) is 19.9. The first-order valence-electron chi connectivity index (χ1n) is 8.36. The average Bonchev–Trinajstić information content (AvgIpc) is 2.71. The van der Waals surface area contributed by atoms with Gasteiger partial charge in [-0.1, -0.05) is 60.1 Å². The van der Waals surface area contributed by atoms with E-state index >= 15 is 0 Å². The number of para-hydroxylation sites is 1. The summed E-state index contributed by atoms with van der Waals surface area (Å²) < 4.78 is 18.6. The lowest BCUT2D eigenvalue weighted by molar-refractivity contribution is -0.123. The van der Waals surface area contributed by atoms with Crippen LogP contribution in [0.1, 0.15) is 10.4 Å². The van der Waals surface area contributed by atoms with E-state index < -0.39 is 17.6 Å². The molecule has 142 valence electrons. The maximum Gasteiger partial charge on any atom is 0.276 e. The summed E-state index contributed by atoms with van der Waals surface area (Å²) in [5, 5.41) is -0.0558. The summed E-state index contributed by atoms with van der Waals surface area (Å²) in [5.41, 5.74) is 6.29. The second kappa shape index (κ2) is 9.01. The SMILES string of the molecule is O=C(COc1ccccc1-c1ccccc1)NNC(=O)c1ccc(F)cc1Cl. The van der Waals surface area contributed by atoms with Gasteiger partial charge >= 0.3 is 0 Å². The number of ether oxygens (including phenoxy) is 1. The molecule has 3 rings (SSSR count). The number of hydrogen-bond donors (Lipinski definition) is 2. The fourth-order valence-electron chi connectivity index (χ4n) is 2.50. The molecule has 5 nitrogen and oxygen atoms in total. The van der Waals surface area contributed by atoms with Gasteiger partial charge in [-0.2, -0.15) is 0 Å². The number of carbonyl (C=O) groups is 2. The number of amides is 2. The van der Waals surface area contributed by atoms with Gasteiger partial charge in [-0.05, 0) is 29.8 Å². The molecule has 0 aromatic heterocycles. The lowest BCUT2D eigenvalue weighted by Gasteiger charge is -2.12. The van der Waals surface area contributed by atoms with E-state index in [9.17, 15) is 14.0 Å². The van der Waals surface area contributed by atoms with Crippen LogP contribution in [0.5, 0.6) is 5.75 Å². The highest BCUT2D eigenvalue weighted by atomic mass is 35.5. The van der Waals surface area contributed by atoms with Gasteiger partial charge in [0, 0.05) is 5.56 Å². The van der Waals surface area contributed by atoms with E-state index in [1.807, 2.05) is 42.5 Å². The topological polar surface area (TPSA) is 67.4 Å².